The Morgan fingerprint density at radius 1 is 1.86 bits per heavy atom. The zero-order valence-electron chi connectivity index (χ0n) is 3.51. The van der Waals surface area contributed by atoms with Gasteiger partial charge in [0, 0.05) is 6.08 Å². The van der Waals surface area contributed by atoms with Crippen LogP contribution in [0.3, 0.4) is 0 Å². The van der Waals surface area contributed by atoms with Crippen LogP contribution in [0, 0.1) is 6.08 Å². The zero-order chi connectivity index (χ0) is 5.11. The smallest absolute Gasteiger partial charge is 0.202 e. The molecule has 1 aliphatic heterocycles. The van der Waals surface area contributed by atoms with Crippen molar-refractivity contribution in [3.05, 3.63) is 23.4 Å². The summed E-state index contributed by atoms with van der Waals surface area (Å²) in [6.07, 6.45) is 4.19. The second-order valence-corrected chi connectivity index (χ2v) is 1.73. The molecule has 3 heteroatoms. The summed E-state index contributed by atoms with van der Waals surface area (Å²) in [7, 11) is 0. The molecule has 0 aromatic heterocycles. The highest BCUT2D eigenvalue weighted by Crippen LogP contribution is 2.03. The second kappa shape index (κ2) is 1.93. The van der Waals surface area contributed by atoms with Gasteiger partial charge in [-0.15, -0.1) is 0 Å². The molecule has 0 saturated carbocycles. The fourth-order valence-electron chi connectivity index (χ4n) is 0.266. The number of aliphatic hydroxyl groups is 1. The van der Waals surface area contributed by atoms with Gasteiger partial charge in [-0.25, -0.2) is 0 Å². The maximum Gasteiger partial charge on any atom is 0.202 e. The Labute approximate surface area is 46.1 Å². The van der Waals surface area contributed by atoms with Gasteiger partial charge in [-0.1, -0.05) is 0 Å². The van der Waals surface area contributed by atoms with Crippen molar-refractivity contribution in [2.24, 2.45) is 0 Å². The average molecular weight is 114 g/mol. The summed E-state index contributed by atoms with van der Waals surface area (Å²) >= 11 is 1.32. The number of aliphatic hydroxyl groups excluding tert-OH is 1. The van der Waals surface area contributed by atoms with Crippen LogP contribution in [0.5, 0.6) is 0 Å². The van der Waals surface area contributed by atoms with E-state index in [1.54, 1.807) is 11.5 Å². The average Bonchev–Trinajstić information content (AvgIpc) is 1.69. The molecule has 1 radical (unpaired) electrons. The molecule has 1 rings (SSSR count). The predicted molar refractivity (Wildman–Crippen MR) is 29.3 cm³/mol. The van der Waals surface area contributed by atoms with Gasteiger partial charge >= 0.3 is 0 Å². The van der Waals surface area contributed by atoms with E-state index in [9.17, 15) is 0 Å². The number of hydrogen-bond donors (Lipinski definition) is 2. The largest absolute Gasteiger partial charge is 0.494 e. The monoisotopic (exact) mass is 114 g/mol. The first kappa shape index (κ1) is 4.59. The zero-order valence-corrected chi connectivity index (χ0v) is 4.33. The van der Waals surface area contributed by atoms with E-state index in [-0.39, 0.29) is 5.88 Å². The first-order chi connectivity index (χ1) is 3.39. The van der Waals surface area contributed by atoms with Crippen molar-refractivity contribution in [3.63, 3.8) is 0 Å². The summed E-state index contributed by atoms with van der Waals surface area (Å²) in [5, 5.41) is 10.3. The predicted octanol–water partition coefficient (Wildman–Crippen LogP) is 0.954. The Morgan fingerprint density at radius 3 is 3.00 bits per heavy atom. The fourth-order valence-corrected chi connectivity index (χ4v) is 0.641. The Hall–Kier alpha value is -0.570. The third-order valence-corrected chi connectivity index (χ3v) is 1.10. The molecule has 0 bridgehead atoms. The van der Waals surface area contributed by atoms with Crippen LogP contribution >= 0.6 is 11.9 Å². The lowest BCUT2D eigenvalue weighted by Gasteiger charge is -2.00. The Balaban J connectivity index is 2.57. The fraction of sp³-hybridized carbons (Fsp3) is 0. The number of rotatable bonds is 0. The minimum Gasteiger partial charge on any atom is -0.494 e. The van der Waals surface area contributed by atoms with Crippen LogP contribution in [-0.2, 0) is 0 Å². The van der Waals surface area contributed by atoms with E-state index in [0.717, 1.165) is 0 Å². The molecule has 0 unspecified atom stereocenters. The van der Waals surface area contributed by atoms with E-state index >= 15 is 0 Å². The Bertz CT molecular complexity index is 119. The summed E-state index contributed by atoms with van der Waals surface area (Å²) in [4.78, 5) is 0. The molecule has 0 saturated heterocycles. The topological polar surface area (TPSA) is 32.3 Å². The van der Waals surface area contributed by atoms with Crippen LogP contribution < -0.4 is 4.72 Å². The number of allylic oxidation sites excluding steroid dienone is 2. The van der Waals surface area contributed by atoms with Crippen LogP contribution in [0.15, 0.2) is 17.4 Å². The van der Waals surface area contributed by atoms with Gasteiger partial charge in [0.2, 0.25) is 5.88 Å². The highest BCUT2D eigenvalue weighted by molar-refractivity contribution is 8.00. The van der Waals surface area contributed by atoms with E-state index in [1.807, 2.05) is 0 Å². The van der Waals surface area contributed by atoms with E-state index in [4.69, 9.17) is 5.11 Å². The third-order valence-electron chi connectivity index (χ3n) is 0.512. The van der Waals surface area contributed by atoms with Gasteiger partial charge in [-0.3, -0.25) is 4.72 Å². The molecule has 1 heterocycles. The van der Waals surface area contributed by atoms with Crippen molar-refractivity contribution >= 4 is 11.9 Å². The van der Waals surface area contributed by atoms with Crippen molar-refractivity contribution < 1.29 is 5.11 Å². The van der Waals surface area contributed by atoms with E-state index in [1.165, 1.54) is 11.9 Å². The minimum atomic E-state index is 0.0903. The SMILES string of the molecule is OC1=[C]C=CSN1. The lowest BCUT2D eigenvalue weighted by Crippen LogP contribution is -2.02. The van der Waals surface area contributed by atoms with Crippen molar-refractivity contribution in [3.8, 4) is 0 Å². The molecule has 37 valence electrons. The molecule has 1 aliphatic rings. The molecule has 0 aliphatic carbocycles. The first-order valence-electron chi connectivity index (χ1n) is 1.79. The molecule has 0 fully saturated rings. The van der Waals surface area contributed by atoms with Gasteiger partial charge in [-0.05, 0) is 23.4 Å². The summed E-state index contributed by atoms with van der Waals surface area (Å²) in [5.41, 5.74) is 0. The molecule has 2 nitrogen and oxygen atoms in total. The highest BCUT2D eigenvalue weighted by atomic mass is 32.2. The molecule has 0 aromatic rings. The van der Waals surface area contributed by atoms with Crippen molar-refractivity contribution in [1.82, 2.24) is 4.72 Å². The normalized spacial score (nSPS) is 18.0. The van der Waals surface area contributed by atoms with Crippen LogP contribution in [0.1, 0.15) is 0 Å². The van der Waals surface area contributed by atoms with E-state index in [2.05, 4.69) is 10.8 Å². The van der Waals surface area contributed by atoms with E-state index < -0.39 is 0 Å². The number of nitrogens with one attached hydrogen (secondary N) is 1. The summed E-state index contributed by atoms with van der Waals surface area (Å²) in [6, 6.07) is 0. The molecule has 2 N–H and O–H groups in total. The molecular weight excluding hydrogens is 110 g/mol. The standard InChI is InChI=1S/C4H4NOS/c6-4-2-1-3-7-5-4/h1,3,5-6H. The Kier molecular flexibility index (Phi) is 1.26. The quantitative estimate of drug-likeness (QED) is 0.460. The second-order valence-electron chi connectivity index (χ2n) is 1.02. The highest BCUT2D eigenvalue weighted by Gasteiger charge is 1.90. The Morgan fingerprint density at radius 2 is 2.71 bits per heavy atom. The summed E-state index contributed by atoms with van der Waals surface area (Å²) in [6.45, 7) is 0. The molecule has 0 aromatic carbocycles. The minimum absolute atomic E-state index is 0.0903. The lowest BCUT2D eigenvalue weighted by molar-refractivity contribution is 0.391. The van der Waals surface area contributed by atoms with Gasteiger partial charge in [0.15, 0.2) is 0 Å². The summed E-state index contributed by atoms with van der Waals surface area (Å²) in [5.74, 6) is 0.0903. The van der Waals surface area contributed by atoms with E-state index in [0.29, 0.717) is 0 Å². The van der Waals surface area contributed by atoms with Gasteiger partial charge in [0.1, 0.15) is 0 Å². The molecule has 0 amide bonds. The first-order valence-corrected chi connectivity index (χ1v) is 2.67. The molecule has 0 spiro atoms. The maximum atomic E-state index is 8.53. The maximum absolute atomic E-state index is 8.53. The van der Waals surface area contributed by atoms with Crippen LogP contribution in [0.2, 0.25) is 0 Å². The molecule has 7 heavy (non-hydrogen) atoms. The third kappa shape index (κ3) is 1.16. The van der Waals surface area contributed by atoms with Gasteiger partial charge in [0.25, 0.3) is 0 Å². The van der Waals surface area contributed by atoms with Crippen LogP contribution in [0.4, 0.5) is 0 Å². The number of hydrogen-bond acceptors (Lipinski definition) is 3. The lowest BCUT2D eigenvalue weighted by atomic mass is 10.6. The van der Waals surface area contributed by atoms with Crippen LogP contribution in [0.25, 0.3) is 0 Å². The van der Waals surface area contributed by atoms with Crippen molar-refractivity contribution in [2.45, 2.75) is 0 Å². The molecular formula is C4H4NOS. The molecule has 0 atom stereocenters. The van der Waals surface area contributed by atoms with Crippen molar-refractivity contribution in [1.29, 1.82) is 0 Å². The van der Waals surface area contributed by atoms with Gasteiger partial charge in [-0.2, -0.15) is 0 Å². The van der Waals surface area contributed by atoms with Gasteiger partial charge < -0.3 is 5.11 Å². The summed E-state index contributed by atoms with van der Waals surface area (Å²) < 4.78 is 2.57. The van der Waals surface area contributed by atoms with Crippen LogP contribution in [-0.4, -0.2) is 5.11 Å². The van der Waals surface area contributed by atoms with Crippen molar-refractivity contribution in [2.75, 3.05) is 0 Å². The van der Waals surface area contributed by atoms with Gasteiger partial charge in [0.05, 0.1) is 0 Å².